The molecule has 2 heterocycles. The molecule has 3 atom stereocenters. The summed E-state index contributed by atoms with van der Waals surface area (Å²) in [5, 5.41) is 3.92. The van der Waals surface area contributed by atoms with Crippen LogP contribution in [0.25, 0.3) is 0 Å². The van der Waals surface area contributed by atoms with Gasteiger partial charge in [0.05, 0.1) is 6.04 Å². The van der Waals surface area contributed by atoms with Gasteiger partial charge in [0.25, 0.3) is 0 Å². The Morgan fingerprint density at radius 1 is 0.897 bits per heavy atom. The van der Waals surface area contributed by atoms with Crippen LogP contribution in [0.4, 0.5) is 5.69 Å². The third-order valence-electron chi connectivity index (χ3n) is 9.08. The summed E-state index contributed by atoms with van der Waals surface area (Å²) in [6.07, 6.45) is 18.9. The third kappa shape index (κ3) is 2.44. The van der Waals surface area contributed by atoms with Crippen molar-refractivity contribution >= 4 is 5.69 Å². The molecule has 1 aromatic carbocycles. The van der Waals surface area contributed by atoms with Crippen LogP contribution in [-0.4, -0.2) is 4.98 Å². The minimum atomic E-state index is 0.385. The average Bonchev–Trinajstić information content (AvgIpc) is 3.23. The van der Waals surface area contributed by atoms with E-state index < -0.39 is 0 Å². The van der Waals surface area contributed by atoms with Crippen molar-refractivity contribution in [3.63, 3.8) is 0 Å². The van der Waals surface area contributed by atoms with Crippen molar-refractivity contribution in [3.8, 4) is 0 Å². The molecule has 1 aliphatic heterocycles. The molecule has 3 unspecified atom stereocenters. The number of pyridine rings is 1. The fourth-order valence-corrected chi connectivity index (χ4v) is 8.29. The molecule has 8 rings (SSSR count). The van der Waals surface area contributed by atoms with E-state index in [9.17, 15) is 0 Å². The van der Waals surface area contributed by atoms with Gasteiger partial charge < -0.3 is 5.32 Å². The van der Waals surface area contributed by atoms with Gasteiger partial charge in [0.15, 0.2) is 0 Å². The Hall–Kier alpha value is -2.09. The molecule has 0 amide bonds. The van der Waals surface area contributed by atoms with Crippen LogP contribution in [0, 0.1) is 23.7 Å². The number of hydrogen-bond donors (Lipinski definition) is 1. The molecule has 4 fully saturated rings. The molecule has 2 heteroatoms. The van der Waals surface area contributed by atoms with Gasteiger partial charge in [0.2, 0.25) is 0 Å². The minimum absolute atomic E-state index is 0.385. The largest absolute Gasteiger partial charge is 0.378 e. The Bertz CT molecular complexity index is 940. The van der Waals surface area contributed by atoms with Gasteiger partial charge in [-0.05, 0) is 109 Å². The first-order chi connectivity index (χ1) is 14.3. The topological polar surface area (TPSA) is 24.9 Å². The van der Waals surface area contributed by atoms with Crippen LogP contribution in [-0.2, 0) is 5.41 Å². The zero-order valence-corrected chi connectivity index (χ0v) is 17.1. The summed E-state index contributed by atoms with van der Waals surface area (Å²) >= 11 is 0. The maximum Gasteiger partial charge on any atom is 0.0555 e. The lowest BCUT2D eigenvalue weighted by atomic mass is 9.48. The summed E-state index contributed by atoms with van der Waals surface area (Å²) in [4.78, 5) is 4.23. The number of nitrogens with one attached hydrogen (secondary N) is 1. The van der Waals surface area contributed by atoms with Crippen LogP contribution in [0.2, 0.25) is 0 Å². The van der Waals surface area contributed by atoms with E-state index >= 15 is 0 Å². The lowest BCUT2D eigenvalue weighted by molar-refractivity contribution is -0.00523. The first kappa shape index (κ1) is 16.7. The molecule has 29 heavy (non-hydrogen) atoms. The number of hydrogen-bond acceptors (Lipinski definition) is 2. The second-order valence-corrected chi connectivity index (χ2v) is 10.8. The molecule has 1 aromatic heterocycles. The van der Waals surface area contributed by atoms with E-state index in [0.717, 1.165) is 17.8 Å². The van der Waals surface area contributed by atoms with Gasteiger partial charge in [-0.3, -0.25) is 4.98 Å². The van der Waals surface area contributed by atoms with Crippen molar-refractivity contribution in [2.45, 2.75) is 62.3 Å². The van der Waals surface area contributed by atoms with Crippen molar-refractivity contribution in [3.05, 3.63) is 71.6 Å². The fraction of sp³-hybridized carbons (Fsp3) is 0.519. The van der Waals surface area contributed by atoms with Gasteiger partial charge in [-0.25, -0.2) is 0 Å². The molecule has 0 saturated heterocycles. The van der Waals surface area contributed by atoms with E-state index in [2.05, 4.69) is 52.8 Å². The number of anilines is 1. The zero-order chi connectivity index (χ0) is 19.0. The molecule has 5 aliphatic carbocycles. The lowest BCUT2D eigenvalue weighted by Gasteiger charge is -2.57. The van der Waals surface area contributed by atoms with E-state index in [0.29, 0.717) is 23.3 Å². The third-order valence-corrected chi connectivity index (χ3v) is 9.08. The number of fused-ring (bicyclic) bond motifs is 3. The second-order valence-electron chi connectivity index (χ2n) is 10.8. The summed E-state index contributed by atoms with van der Waals surface area (Å²) in [6.45, 7) is 0. The molecule has 2 aromatic rings. The molecule has 2 nitrogen and oxygen atoms in total. The SMILES string of the molecule is C1=CC2c3cc(C45CC6CC(CC(C6)C4)C5)ccc3NC(c3ccncc3)C2C1. The van der Waals surface area contributed by atoms with Gasteiger partial charge in [-0.1, -0.05) is 24.3 Å². The Morgan fingerprint density at radius 3 is 2.34 bits per heavy atom. The molecular weight excluding hydrogens is 352 g/mol. The Labute approximate surface area is 173 Å². The molecule has 148 valence electrons. The lowest BCUT2D eigenvalue weighted by Crippen LogP contribution is -2.48. The quantitative estimate of drug-likeness (QED) is 0.610. The number of rotatable bonds is 2. The summed E-state index contributed by atoms with van der Waals surface area (Å²) < 4.78 is 0. The highest BCUT2D eigenvalue weighted by Gasteiger charge is 2.52. The second kappa shape index (κ2) is 5.97. The normalized spacial score (nSPS) is 41.1. The number of nitrogens with zero attached hydrogens (tertiary/aromatic N) is 1. The standard InChI is InChI=1S/C27H30N2/c1-2-22-23(3-1)26(20-6-8-28-9-7-20)29-25-5-4-21(13-24(22)25)27-14-17-10-18(15-27)12-19(11-17)16-27/h1-2,4-9,13,17-19,22-23,26,29H,3,10-12,14-16H2. The van der Waals surface area contributed by atoms with E-state index in [4.69, 9.17) is 0 Å². The predicted octanol–water partition coefficient (Wildman–Crippen LogP) is 6.38. The Morgan fingerprint density at radius 2 is 1.62 bits per heavy atom. The van der Waals surface area contributed by atoms with Crippen molar-refractivity contribution < 1.29 is 0 Å². The van der Waals surface area contributed by atoms with Gasteiger partial charge in [-0.15, -0.1) is 0 Å². The van der Waals surface area contributed by atoms with E-state index in [1.165, 1.54) is 56.2 Å². The predicted molar refractivity (Wildman–Crippen MR) is 117 cm³/mol. The average molecular weight is 383 g/mol. The number of aromatic nitrogens is 1. The monoisotopic (exact) mass is 382 g/mol. The van der Waals surface area contributed by atoms with E-state index in [-0.39, 0.29) is 0 Å². The van der Waals surface area contributed by atoms with Crippen LogP contribution in [0.5, 0.6) is 0 Å². The highest BCUT2D eigenvalue weighted by molar-refractivity contribution is 5.61. The van der Waals surface area contributed by atoms with Gasteiger partial charge in [-0.2, -0.15) is 0 Å². The van der Waals surface area contributed by atoms with Crippen molar-refractivity contribution in [1.82, 2.24) is 4.98 Å². The van der Waals surface area contributed by atoms with Crippen LogP contribution in [0.3, 0.4) is 0 Å². The maximum atomic E-state index is 4.23. The van der Waals surface area contributed by atoms with Crippen LogP contribution in [0.1, 0.15) is 73.6 Å². The zero-order valence-electron chi connectivity index (χ0n) is 17.1. The molecular formula is C27H30N2. The first-order valence-electron chi connectivity index (χ1n) is 11.7. The van der Waals surface area contributed by atoms with Gasteiger partial charge >= 0.3 is 0 Å². The molecule has 0 radical (unpaired) electrons. The van der Waals surface area contributed by atoms with Crippen molar-refractivity contribution in [2.24, 2.45) is 23.7 Å². The highest BCUT2D eigenvalue weighted by Crippen LogP contribution is 2.61. The highest BCUT2D eigenvalue weighted by atomic mass is 15.0. The van der Waals surface area contributed by atoms with Gasteiger partial charge in [0.1, 0.15) is 0 Å². The fourth-order valence-electron chi connectivity index (χ4n) is 8.29. The molecule has 6 aliphatic rings. The molecule has 1 N–H and O–H groups in total. The summed E-state index contributed by atoms with van der Waals surface area (Å²) in [5.41, 5.74) is 6.44. The van der Waals surface area contributed by atoms with Gasteiger partial charge in [0, 0.05) is 24.0 Å². The van der Waals surface area contributed by atoms with Crippen molar-refractivity contribution in [2.75, 3.05) is 5.32 Å². The van der Waals surface area contributed by atoms with Crippen LogP contribution >= 0.6 is 0 Å². The summed E-state index contributed by atoms with van der Waals surface area (Å²) in [6, 6.07) is 12.3. The summed E-state index contributed by atoms with van der Waals surface area (Å²) in [5.74, 6) is 4.19. The molecule has 4 bridgehead atoms. The summed E-state index contributed by atoms with van der Waals surface area (Å²) in [7, 11) is 0. The first-order valence-corrected chi connectivity index (χ1v) is 11.7. The maximum absolute atomic E-state index is 4.23. The van der Waals surface area contributed by atoms with E-state index in [1.54, 1.807) is 11.1 Å². The minimum Gasteiger partial charge on any atom is -0.378 e. The van der Waals surface area contributed by atoms with Crippen molar-refractivity contribution in [1.29, 1.82) is 0 Å². The number of allylic oxidation sites excluding steroid dienone is 2. The Kier molecular flexibility index (Phi) is 3.43. The molecule has 4 saturated carbocycles. The smallest absolute Gasteiger partial charge is 0.0555 e. The molecule has 0 spiro atoms. The Balaban J connectivity index is 1.29. The van der Waals surface area contributed by atoms with Crippen LogP contribution in [0.15, 0.2) is 54.9 Å². The van der Waals surface area contributed by atoms with E-state index in [1.807, 2.05) is 12.4 Å². The van der Waals surface area contributed by atoms with Crippen LogP contribution < -0.4 is 5.32 Å². The number of benzene rings is 1.